The molecule has 0 aliphatic heterocycles. The van der Waals surface area contributed by atoms with Crippen molar-refractivity contribution in [3.05, 3.63) is 62.9 Å². The highest BCUT2D eigenvalue weighted by Crippen LogP contribution is 2.55. The van der Waals surface area contributed by atoms with Crippen molar-refractivity contribution in [2.24, 2.45) is 0 Å². The summed E-state index contributed by atoms with van der Waals surface area (Å²) in [7, 11) is -2.60. The molecule has 1 unspecified atom stereocenters. The van der Waals surface area contributed by atoms with Gasteiger partial charge in [-0.3, -0.25) is 4.90 Å². The van der Waals surface area contributed by atoms with E-state index in [1.165, 1.54) is 30.3 Å². The Morgan fingerprint density at radius 1 is 1.10 bits per heavy atom. The lowest BCUT2D eigenvalue weighted by molar-refractivity contribution is -0.257. The molecular weight excluding hydrogens is 597 g/mol. The van der Waals surface area contributed by atoms with Crippen LogP contribution in [-0.4, -0.2) is 44.1 Å². The molecule has 0 radical (unpaired) electrons. The maximum atomic E-state index is 14.2. The van der Waals surface area contributed by atoms with Crippen LogP contribution in [0.25, 0.3) is 0 Å². The first-order valence-corrected chi connectivity index (χ1v) is 17.8. The molecule has 0 bridgehead atoms. The van der Waals surface area contributed by atoms with Crippen LogP contribution in [0.15, 0.2) is 30.3 Å². The average Bonchev–Trinajstić information content (AvgIpc) is 3.19. The summed E-state index contributed by atoms with van der Waals surface area (Å²) in [6, 6.07) is 7.46. The molecule has 12 heteroatoms. The number of hydrogen-bond acceptors (Lipinski definition) is 3. The summed E-state index contributed by atoms with van der Waals surface area (Å²) in [5.41, 5.74) is -1.66. The first kappa shape index (κ1) is 35.3. The minimum atomic E-state index is -4.66. The minimum absolute atomic E-state index is 0.0228. The Morgan fingerprint density at radius 3 is 2.10 bits per heavy atom. The Morgan fingerprint density at radius 2 is 1.66 bits per heavy atom. The summed E-state index contributed by atoms with van der Waals surface area (Å²) in [6.07, 6.45) is -4.94. The molecule has 0 fully saturated rings. The summed E-state index contributed by atoms with van der Waals surface area (Å²) in [5.74, 6) is -0.400. The van der Waals surface area contributed by atoms with Crippen LogP contribution in [0.2, 0.25) is 29.7 Å². The van der Waals surface area contributed by atoms with Gasteiger partial charge >= 0.3 is 12.2 Å². The molecular formula is C29H41Cl2F4N3O2Si. The number of nitrogens with zero attached hydrogens (tertiary/aromatic N) is 1. The van der Waals surface area contributed by atoms with Gasteiger partial charge < -0.3 is 15.1 Å². The minimum Gasteiger partial charge on any atom is -0.400 e. The molecule has 0 aromatic heterocycles. The zero-order chi connectivity index (χ0) is 31.3. The van der Waals surface area contributed by atoms with E-state index in [9.17, 15) is 22.4 Å². The van der Waals surface area contributed by atoms with Crippen LogP contribution in [0.4, 0.5) is 28.0 Å². The fraction of sp³-hybridized carbons (Fsp3) is 0.552. The van der Waals surface area contributed by atoms with Gasteiger partial charge in [-0.15, -0.1) is 0 Å². The Bertz CT molecular complexity index is 1180. The number of rotatable bonds is 8. The Labute approximate surface area is 252 Å². The van der Waals surface area contributed by atoms with E-state index < -0.39 is 31.9 Å². The standard InChI is InChI=1S/C21H22Cl2F4N2O2Si.C8H19N/c1-32(2,3)31-20(21(25,26)27)9-8-14-15(20)10-16(22)18(17(14)23)29-19(30)28-11-12-4-6-13(24)7-5-12;1-6-9(7(2)3)8(4)5/h4-7,10H,8-9,11H2,1-3H3,(H2,28,29,30);7-8H,6H2,1-5H3. The SMILES string of the molecule is CCN(C(C)C)C(C)C.C[Si](C)(C)OC1(C(F)(F)F)CCc2c1cc(Cl)c(NC(=O)NCc1ccc(F)cc1)c2Cl. The van der Waals surface area contributed by atoms with Gasteiger partial charge in [0.25, 0.3) is 0 Å². The molecule has 230 valence electrons. The van der Waals surface area contributed by atoms with Gasteiger partial charge in [-0.2, -0.15) is 13.2 Å². The van der Waals surface area contributed by atoms with E-state index in [1.54, 1.807) is 19.6 Å². The highest BCUT2D eigenvalue weighted by Gasteiger charge is 2.61. The highest BCUT2D eigenvalue weighted by molar-refractivity contribution is 6.69. The van der Waals surface area contributed by atoms with Gasteiger partial charge in [0.2, 0.25) is 0 Å². The maximum Gasteiger partial charge on any atom is 0.420 e. The fourth-order valence-electron chi connectivity index (χ4n) is 5.06. The summed E-state index contributed by atoms with van der Waals surface area (Å²) in [4.78, 5) is 14.8. The maximum absolute atomic E-state index is 14.2. The lowest BCUT2D eigenvalue weighted by Gasteiger charge is -2.38. The van der Waals surface area contributed by atoms with E-state index in [2.05, 4.69) is 50.2 Å². The number of carbonyl (C=O) groups is 1. The number of nitrogens with one attached hydrogen (secondary N) is 2. The molecule has 0 saturated heterocycles. The zero-order valence-electron chi connectivity index (χ0n) is 24.9. The monoisotopic (exact) mass is 637 g/mol. The molecule has 0 heterocycles. The van der Waals surface area contributed by atoms with Gasteiger partial charge in [0.15, 0.2) is 13.9 Å². The molecule has 2 aromatic carbocycles. The van der Waals surface area contributed by atoms with E-state index in [0.29, 0.717) is 17.6 Å². The second-order valence-electron chi connectivity index (χ2n) is 11.6. The summed E-state index contributed by atoms with van der Waals surface area (Å²) in [6.45, 7) is 17.5. The molecule has 0 spiro atoms. The molecule has 5 nitrogen and oxygen atoms in total. The predicted molar refractivity (Wildman–Crippen MR) is 162 cm³/mol. The Kier molecular flexibility index (Phi) is 12.1. The number of carbonyl (C=O) groups excluding carboxylic acids is 1. The molecule has 1 atom stereocenters. The summed E-state index contributed by atoms with van der Waals surface area (Å²) in [5, 5.41) is 4.90. The predicted octanol–water partition coefficient (Wildman–Crippen LogP) is 9.13. The first-order chi connectivity index (χ1) is 18.8. The van der Waals surface area contributed by atoms with Gasteiger partial charge in [0.05, 0.1) is 15.7 Å². The number of amides is 2. The first-order valence-electron chi connectivity index (χ1n) is 13.7. The number of halogens is 6. The Balaban J connectivity index is 0.000000564. The second kappa shape index (κ2) is 14.1. The Hall–Kier alpha value is -1.85. The van der Waals surface area contributed by atoms with Crippen molar-refractivity contribution in [3.8, 4) is 0 Å². The largest absolute Gasteiger partial charge is 0.420 e. The molecule has 1 aliphatic carbocycles. The van der Waals surface area contributed by atoms with Crippen LogP contribution in [0, 0.1) is 5.82 Å². The van der Waals surface area contributed by atoms with E-state index in [-0.39, 0.29) is 46.2 Å². The fourth-order valence-corrected chi connectivity index (χ4v) is 7.08. The summed E-state index contributed by atoms with van der Waals surface area (Å²) >= 11 is 12.7. The smallest absolute Gasteiger partial charge is 0.400 e. The number of benzene rings is 2. The normalized spacial score (nSPS) is 17.0. The van der Waals surface area contributed by atoms with Crippen LogP contribution in [-0.2, 0) is 23.0 Å². The molecule has 2 amide bonds. The molecule has 2 aromatic rings. The van der Waals surface area contributed by atoms with Gasteiger partial charge in [-0.1, -0.05) is 42.3 Å². The van der Waals surface area contributed by atoms with Gasteiger partial charge in [-0.25, -0.2) is 9.18 Å². The van der Waals surface area contributed by atoms with E-state index >= 15 is 0 Å². The van der Waals surface area contributed by atoms with Gasteiger partial charge in [0.1, 0.15) is 5.82 Å². The van der Waals surface area contributed by atoms with E-state index in [4.69, 9.17) is 27.6 Å². The molecule has 1 aliphatic rings. The zero-order valence-corrected chi connectivity index (χ0v) is 27.4. The topological polar surface area (TPSA) is 53.6 Å². The second-order valence-corrected chi connectivity index (χ2v) is 16.8. The molecule has 3 rings (SSSR count). The van der Waals surface area contributed by atoms with Crippen molar-refractivity contribution in [2.75, 3.05) is 11.9 Å². The van der Waals surface area contributed by atoms with Crippen molar-refractivity contribution in [2.45, 2.75) is 97.5 Å². The van der Waals surface area contributed by atoms with Gasteiger partial charge in [0, 0.05) is 18.6 Å². The van der Waals surface area contributed by atoms with Crippen LogP contribution in [0.5, 0.6) is 0 Å². The third-order valence-corrected chi connectivity index (χ3v) is 8.39. The number of alkyl halides is 3. The van der Waals surface area contributed by atoms with Crippen molar-refractivity contribution < 1.29 is 26.8 Å². The lowest BCUT2D eigenvalue weighted by atomic mass is 9.95. The average molecular weight is 639 g/mol. The summed E-state index contributed by atoms with van der Waals surface area (Å²) < 4.78 is 61.2. The van der Waals surface area contributed by atoms with E-state index in [1.807, 2.05) is 0 Å². The number of hydrogen-bond donors (Lipinski definition) is 2. The quantitative estimate of drug-likeness (QED) is 0.224. The molecule has 41 heavy (non-hydrogen) atoms. The molecule has 0 saturated carbocycles. The van der Waals surface area contributed by atoms with E-state index in [0.717, 1.165) is 6.54 Å². The number of fused-ring (bicyclic) bond motifs is 1. The van der Waals surface area contributed by atoms with Crippen LogP contribution >= 0.6 is 23.2 Å². The van der Waals surface area contributed by atoms with Crippen molar-refractivity contribution in [1.29, 1.82) is 0 Å². The number of anilines is 1. The van der Waals surface area contributed by atoms with Crippen LogP contribution in [0.1, 0.15) is 57.7 Å². The number of urea groups is 1. The van der Waals surface area contributed by atoms with Crippen molar-refractivity contribution in [1.82, 2.24) is 10.2 Å². The third-order valence-electron chi connectivity index (χ3n) is 6.72. The van der Waals surface area contributed by atoms with Gasteiger partial charge in [-0.05, 0) is 102 Å². The third kappa shape index (κ3) is 9.07. The van der Waals surface area contributed by atoms with Crippen molar-refractivity contribution >= 4 is 43.2 Å². The van der Waals surface area contributed by atoms with Crippen LogP contribution in [0.3, 0.4) is 0 Å². The lowest BCUT2D eigenvalue weighted by Crippen LogP contribution is -2.49. The molecule has 2 N–H and O–H groups in total. The van der Waals surface area contributed by atoms with Crippen molar-refractivity contribution in [3.63, 3.8) is 0 Å². The highest BCUT2D eigenvalue weighted by atomic mass is 35.5. The van der Waals surface area contributed by atoms with Crippen LogP contribution < -0.4 is 10.6 Å².